The van der Waals surface area contributed by atoms with E-state index in [9.17, 15) is 14.7 Å². The molecule has 1 aliphatic heterocycles. The average Bonchev–Trinajstić information content (AvgIpc) is 3.04. The van der Waals surface area contributed by atoms with Crippen molar-refractivity contribution in [2.45, 2.75) is 25.8 Å². The molecule has 4 rings (SSSR count). The van der Waals surface area contributed by atoms with E-state index < -0.39 is 17.7 Å². The SMILES string of the molecule is Cc1cccc(N2C(=O)C(O)=C(C(=O)CCc3ccccc3)C2c2ccccc2)c1. The summed E-state index contributed by atoms with van der Waals surface area (Å²) in [5.41, 5.74) is 3.66. The number of carbonyl (C=O) groups excluding carboxylic acids is 2. The van der Waals surface area contributed by atoms with Gasteiger partial charge >= 0.3 is 0 Å². The monoisotopic (exact) mass is 397 g/mol. The minimum atomic E-state index is -0.649. The molecule has 150 valence electrons. The summed E-state index contributed by atoms with van der Waals surface area (Å²) in [7, 11) is 0. The molecule has 0 bridgehead atoms. The van der Waals surface area contributed by atoms with E-state index >= 15 is 0 Å². The number of amides is 1. The number of ketones is 1. The Morgan fingerprint density at radius 1 is 0.933 bits per heavy atom. The molecule has 1 aliphatic rings. The molecule has 4 nitrogen and oxygen atoms in total. The number of benzene rings is 3. The molecule has 1 unspecified atom stereocenters. The van der Waals surface area contributed by atoms with E-state index in [1.807, 2.05) is 91.9 Å². The minimum Gasteiger partial charge on any atom is -0.503 e. The van der Waals surface area contributed by atoms with E-state index in [1.54, 1.807) is 0 Å². The largest absolute Gasteiger partial charge is 0.503 e. The van der Waals surface area contributed by atoms with Crippen molar-refractivity contribution in [3.8, 4) is 0 Å². The maximum Gasteiger partial charge on any atom is 0.294 e. The van der Waals surface area contributed by atoms with Gasteiger partial charge in [-0.25, -0.2) is 0 Å². The van der Waals surface area contributed by atoms with Crippen LogP contribution in [-0.4, -0.2) is 16.8 Å². The number of hydrogen-bond acceptors (Lipinski definition) is 3. The van der Waals surface area contributed by atoms with Gasteiger partial charge in [0.25, 0.3) is 5.91 Å². The van der Waals surface area contributed by atoms with E-state index in [0.29, 0.717) is 12.1 Å². The predicted molar refractivity (Wildman–Crippen MR) is 117 cm³/mol. The molecule has 0 saturated heterocycles. The Labute approximate surface area is 176 Å². The Balaban J connectivity index is 1.72. The molecule has 0 radical (unpaired) electrons. The smallest absolute Gasteiger partial charge is 0.294 e. The molecule has 0 fully saturated rings. The van der Waals surface area contributed by atoms with E-state index in [0.717, 1.165) is 16.7 Å². The number of anilines is 1. The zero-order chi connectivity index (χ0) is 21.1. The van der Waals surface area contributed by atoms with Gasteiger partial charge in [-0.15, -0.1) is 0 Å². The first-order valence-corrected chi connectivity index (χ1v) is 10.0. The molecule has 1 heterocycles. The van der Waals surface area contributed by atoms with Gasteiger partial charge in [-0.05, 0) is 42.2 Å². The number of carbonyl (C=O) groups is 2. The van der Waals surface area contributed by atoms with Crippen molar-refractivity contribution >= 4 is 17.4 Å². The molecular formula is C26H23NO3. The summed E-state index contributed by atoms with van der Waals surface area (Å²) in [5.74, 6) is -1.21. The first-order valence-electron chi connectivity index (χ1n) is 10.0. The molecule has 0 saturated carbocycles. The number of aryl methyl sites for hydroxylation is 2. The Morgan fingerprint density at radius 2 is 1.60 bits per heavy atom. The maximum atomic E-state index is 13.2. The van der Waals surface area contributed by atoms with Crippen molar-refractivity contribution in [1.82, 2.24) is 0 Å². The summed E-state index contributed by atoms with van der Waals surface area (Å²) in [6.45, 7) is 1.95. The maximum absolute atomic E-state index is 13.2. The van der Waals surface area contributed by atoms with Crippen LogP contribution in [0.5, 0.6) is 0 Å². The summed E-state index contributed by atoms with van der Waals surface area (Å²) in [5, 5.41) is 10.7. The highest BCUT2D eigenvalue weighted by Gasteiger charge is 2.43. The second kappa shape index (κ2) is 8.37. The van der Waals surface area contributed by atoms with Gasteiger partial charge in [0.05, 0.1) is 11.6 Å². The summed E-state index contributed by atoms with van der Waals surface area (Å²) < 4.78 is 0. The Kier molecular flexibility index (Phi) is 5.48. The average molecular weight is 397 g/mol. The molecule has 3 aromatic rings. The fourth-order valence-corrected chi connectivity index (χ4v) is 3.92. The number of Topliss-reactive ketones (excluding diaryl/α,β-unsaturated/α-hetero) is 1. The molecule has 3 aromatic carbocycles. The van der Waals surface area contributed by atoms with Crippen LogP contribution in [0.1, 0.15) is 29.2 Å². The second-order valence-corrected chi connectivity index (χ2v) is 7.50. The first-order chi connectivity index (χ1) is 14.6. The van der Waals surface area contributed by atoms with Crippen molar-refractivity contribution < 1.29 is 14.7 Å². The lowest BCUT2D eigenvalue weighted by atomic mass is 9.93. The first kappa shape index (κ1) is 19.6. The van der Waals surface area contributed by atoms with Crippen LogP contribution in [0.15, 0.2) is 96.3 Å². The number of aliphatic hydroxyl groups excluding tert-OH is 1. The van der Waals surface area contributed by atoms with Crippen LogP contribution in [0, 0.1) is 6.92 Å². The van der Waals surface area contributed by atoms with Crippen molar-refractivity contribution in [2.75, 3.05) is 4.90 Å². The van der Waals surface area contributed by atoms with Gasteiger partial charge in [0.1, 0.15) is 0 Å². The van der Waals surface area contributed by atoms with Gasteiger partial charge in [0, 0.05) is 12.1 Å². The minimum absolute atomic E-state index is 0.170. The van der Waals surface area contributed by atoms with Crippen LogP contribution in [0.2, 0.25) is 0 Å². The van der Waals surface area contributed by atoms with Gasteiger partial charge in [-0.1, -0.05) is 72.8 Å². The van der Waals surface area contributed by atoms with Crippen LogP contribution >= 0.6 is 0 Å². The second-order valence-electron chi connectivity index (χ2n) is 7.50. The Hall–Kier alpha value is -3.66. The van der Waals surface area contributed by atoms with Crippen molar-refractivity contribution in [3.63, 3.8) is 0 Å². The lowest BCUT2D eigenvalue weighted by Crippen LogP contribution is -2.31. The highest BCUT2D eigenvalue weighted by atomic mass is 16.3. The summed E-state index contributed by atoms with van der Waals surface area (Å²) in [4.78, 5) is 27.8. The standard InChI is InChI=1S/C26H23NO3/c1-18-9-8-14-21(17-18)27-24(20-12-6-3-7-13-20)23(25(29)26(27)30)22(28)16-15-19-10-4-2-5-11-19/h2-14,17,24,29H,15-16H2,1H3. The summed E-state index contributed by atoms with van der Waals surface area (Å²) in [6, 6.07) is 26.0. The van der Waals surface area contributed by atoms with Crippen molar-refractivity contribution in [3.05, 3.63) is 113 Å². The summed E-state index contributed by atoms with van der Waals surface area (Å²) >= 11 is 0. The third-order valence-electron chi connectivity index (χ3n) is 5.39. The molecule has 1 amide bonds. The van der Waals surface area contributed by atoms with Crippen molar-refractivity contribution in [2.24, 2.45) is 0 Å². The lowest BCUT2D eigenvalue weighted by Gasteiger charge is -2.27. The number of nitrogens with zero attached hydrogens (tertiary/aromatic N) is 1. The van der Waals surface area contributed by atoms with E-state index in [2.05, 4.69) is 0 Å². The van der Waals surface area contributed by atoms with Crippen molar-refractivity contribution in [1.29, 1.82) is 0 Å². The topological polar surface area (TPSA) is 57.6 Å². The summed E-state index contributed by atoms with van der Waals surface area (Å²) in [6.07, 6.45) is 0.776. The zero-order valence-corrected chi connectivity index (χ0v) is 16.8. The third-order valence-corrected chi connectivity index (χ3v) is 5.39. The van der Waals surface area contributed by atoms with E-state index in [-0.39, 0.29) is 17.8 Å². The number of rotatable bonds is 6. The molecule has 30 heavy (non-hydrogen) atoms. The predicted octanol–water partition coefficient (Wildman–Crippen LogP) is 5.10. The van der Waals surface area contributed by atoms with Gasteiger partial charge in [-0.2, -0.15) is 0 Å². The quantitative estimate of drug-likeness (QED) is 0.630. The van der Waals surface area contributed by atoms with Crippen LogP contribution in [0.25, 0.3) is 0 Å². The highest BCUT2D eigenvalue weighted by Crippen LogP contribution is 2.41. The molecule has 4 heteroatoms. The zero-order valence-electron chi connectivity index (χ0n) is 16.8. The number of hydrogen-bond donors (Lipinski definition) is 1. The molecule has 0 aromatic heterocycles. The fraction of sp³-hybridized carbons (Fsp3) is 0.154. The lowest BCUT2D eigenvalue weighted by molar-refractivity contribution is -0.118. The van der Waals surface area contributed by atoms with Gasteiger partial charge in [-0.3, -0.25) is 14.5 Å². The van der Waals surface area contributed by atoms with Gasteiger partial charge in [0.2, 0.25) is 0 Å². The molecule has 0 spiro atoms. The van der Waals surface area contributed by atoms with Crippen LogP contribution in [0.4, 0.5) is 5.69 Å². The van der Waals surface area contributed by atoms with Crippen LogP contribution in [0.3, 0.4) is 0 Å². The molecular weight excluding hydrogens is 374 g/mol. The van der Waals surface area contributed by atoms with Gasteiger partial charge < -0.3 is 5.11 Å². The third kappa shape index (κ3) is 3.77. The van der Waals surface area contributed by atoms with Crippen LogP contribution in [-0.2, 0) is 16.0 Å². The van der Waals surface area contributed by atoms with E-state index in [4.69, 9.17) is 0 Å². The molecule has 1 N–H and O–H groups in total. The number of aliphatic hydroxyl groups is 1. The van der Waals surface area contributed by atoms with Crippen LogP contribution < -0.4 is 4.90 Å². The fourth-order valence-electron chi connectivity index (χ4n) is 3.92. The normalized spacial score (nSPS) is 16.2. The van der Waals surface area contributed by atoms with E-state index in [1.165, 1.54) is 4.90 Å². The molecule has 0 aliphatic carbocycles. The van der Waals surface area contributed by atoms with Gasteiger partial charge in [0.15, 0.2) is 11.5 Å². The Morgan fingerprint density at radius 3 is 2.27 bits per heavy atom. The highest BCUT2D eigenvalue weighted by molar-refractivity contribution is 6.16. The molecule has 1 atom stereocenters. The Bertz CT molecular complexity index is 1100.